The molecule has 5 heteroatoms. The molecule has 1 aromatic carbocycles. The van der Waals surface area contributed by atoms with Gasteiger partial charge < -0.3 is 11.5 Å². The first-order valence-corrected chi connectivity index (χ1v) is 3.88. The van der Waals surface area contributed by atoms with E-state index < -0.39 is 4.92 Å². The number of nitrogens with zero attached hydrogens (tertiary/aromatic N) is 1. The summed E-state index contributed by atoms with van der Waals surface area (Å²) in [4.78, 5) is 9.99. The monoisotopic (exact) mass is 181 g/mol. The van der Waals surface area contributed by atoms with Gasteiger partial charge in [-0.2, -0.15) is 0 Å². The molecule has 5 nitrogen and oxygen atoms in total. The van der Waals surface area contributed by atoms with E-state index >= 15 is 0 Å². The lowest BCUT2D eigenvalue weighted by Gasteiger charge is -2.03. The number of nitrogens with two attached hydrogens (primary N) is 2. The van der Waals surface area contributed by atoms with Crippen molar-refractivity contribution in [3.8, 4) is 0 Å². The van der Waals surface area contributed by atoms with Gasteiger partial charge in [-0.1, -0.05) is 6.92 Å². The molecule has 13 heavy (non-hydrogen) atoms. The van der Waals surface area contributed by atoms with Crippen molar-refractivity contribution in [2.75, 3.05) is 11.5 Å². The number of nitro benzene ring substituents is 1. The third-order valence-corrected chi connectivity index (χ3v) is 1.85. The highest BCUT2D eigenvalue weighted by atomic mass is 16.6. The average molecular weight is 181 g/mol. The molecular formula is C8H11N3O2. The van der Waals surface area contributed by atoms with Gasteiger partial charge in [0.25, 0.3) is 5.69 Å². The molecule has 1 aromatic rings. The number of hydrogen-bond acceptors (Lipinski definition) is 4. The molecule has 0 saturated carbocycles. The molecule has 0 radical (unpaired) electrons. The van der Waals surface area contributed by atoms with Crippen LogP contribution in [0.15, 0.2) is 12.1 Å². The summed E-state index contributed by atoms with van der Waals surface area (Å²) in [6.45, 7) is 1.90. The van der Waals surface area contributed by atoms with E-state index in [1.165, 1.54) is 6.07 Å². The largest absolute Gasteiger partial charge is 0.397 e. The molecule has 0 saturated heterocycles. The topological polar surface area (TPSA) is 95.2 Å². The van der Waals surface area contributed by atoms with Crippen LogP contribution < -0.4 is 11.5 Å². The fourth-order valence-corrected chi connectivity index (χ4v) is 1.08. The normalized spacial score (nSPS) is 9.92. The van der Waals surface area contributed by atoms with Crippen molar-refractivity contribution >= 4 is 17.1 Å². The van der Waals surface area contributed by atoms with Gasteiger partial charge >= 0.3 is 0 Å². The Hall–Kier alpha value is -1.78. The molecule has 0 unspecified atom stereocenters. The molecule has 0 aliphatic heterocycles. The zero-order valence-electron chi connectivity index (χ0n) is 7.28. The van der Waals surface area contributed by atoms with Gasteiger partial charge in [-0.25, -0.2) is 0 Å². The first-order valence-electron chi connectivity index (χ1n) is 3.88. The van der Waals surface area contributed by atoms with Crippen LogP contribution >= 0.6 is 0 Å². The summed E-state index contributed by atoms with van der Waals surface area (Å²) in [7, 11) is 0. The van der Waals surface area contributed by atoms with Gasteiger partial charge in [0, 0.05) is 6.07 Å². The number of aryl methyl sites for hydroxylation is 1. The van der Waals surface area contributed by atoms with Gasteiger partial charge in [-0.15, -0.1) is 0 Å². The summed E-state index contributed by atoms with van der Waals surface area (Å²) in [5.74, 6) is 0. The van der Waals surface area contributed by atoms with Crippen molar-refractivity contribution in [2.24, 2.45) is 0 Å². The molecule has 0 spiro atoms. The summed E-state index contributed by atoms with van der Waals surface area (Å²) < 4.78 is 0. The number of nitro groups is 1. The Balaban J connectivity index is 3.33. The lowest BCUT2D eigenvalue weighted by Crippen LogP contribution is -2.01. The predicted octanol–water partition coefficient (Wildman–Crippen LogP) is 1.32. The minimum Gasteiger partial charge on any atom is -0.397 e. The highest BCUT2D eigenvalue weighted by molar-refractivity contribution is 5.75. The van der Waals surface area contributed by atoms with E-state index in [-0.39, 0.29) is 17.1 Å². The van der Waals surface area contributed by atoms with E-state index in [9.17, 15) is 10.1 Å². The quantitative estimate of drug-likeness (QED) is 0.408. The second-order valence-electron chi connectivity index (χ2n) is 2.73. The number of nitrogen functional groups attached to an aromatic ring is 2. The highest BCUT2D eigenvalue weighted by Crippen LogP contribution is 2.28. The van der Waals surface area contributed by atoms with Crippen LogP contribution in [0.1, 0.15) is 12.5 Å². The third-order valence-electron chi connectivity index (χ3n) is 1.85. The minimum atomic E-state index is -0.523. The van der Waals surface area contributed by atoms with Crippen LogP contribution in [0, 0.1) is 10.1 Å². The number of hydrogen-bond donors (Lipinski definition) is 2. The van der Waals surface area contributed by atoms with Gasteiger partial charge in [-0.05, 0) is 18.1 Å². The third kappa shape index (κ3) is 1.69. The minimum absolute atomic E-state index is 0.0437. The van der Waals surface area contributed by atoms with E-state index in [4.69, 9.17) is 11.5 Å². The molecule has 0 amide bonds. The lowest BCUT2D eigenvalue weighted by atomic mass is 10.1. The van der Waals surface area contributed by atoms with Crippen LogP contribution in [0.3, 0.4) is 0 Å². The van der Waals surface area contributed by atoms with Crippen molar-refractivity contribution < 1.29 is 4.92 Å². The maximum absolute atomic E-state index is 10.5. The Morgan fingerprint density at radius 1 is 1.46 bits per heavy atom. The standard InChI is InChI=1S/C8H11N3O2/c1-2-5-3-6(9)8(10)7(4-5)11(12)13/h3-4H,2,9-10H2,1H3. The van der Waals surface area contributed by atoms with E-state index in [0.29, 0.717) is 6.42 Å². The Morgan fingerprint density at radius 3 is 2.54 bits per heavy atom. The van der Waals surface area contributed by atoms with E-state index in [1.54, 1.807) is 6.07 Å². The molecule has 0 atom stereocenters. The fourth-order valence-electron chi connectivity index (χ4n) is 1.08. The summed E-state index contributed by atoms with van der Waals surface area (Å²) >= 11 is 0. The zero-order chi connectivity index (χ0) is 10.0. The van der Waals surface area contributed by atoms with Crippen molar-refractivity contribution in [2.45, 2.75) is 13.3 Å². The summed E-state index contributed by atoms with van der Waals surface area (Å²) in [6.07, 6.45) is 0.700. The van der Waals surface area contributed by atoms with Crippen molar-refractivity contribution in [1.29, 1.82) is 0 Å². The Kier molecular flexibility index (Phi) is 2.36. The molecule has 0 heterocycles. The van der Waals surface area contributed by atoms with Crippen molar-refractivity contribution in [1.82, 2.24) is 0 Å². The van der Waals surface area contributed by atoms with Gasteiger partial charge in [0.1, 0.15) is 5.69 Å². The van der Waals surface area contributed by atoms with Gasteiger partial charge in [0.15, 0.2) is 0 Å². The molecule has 0 aromatic heterocycles. The average Bonchev–Trinajstić information content (AvgIpc) is 2.09. The molecule has 0 aliphatic rings. The van der Waals surface area contributed by atoms with E-state index in [1.807, 2.05) is 6.92 Å². The lowest BCUT2D eigenvalue weighted by molar-refractivity contribution is -0.383. The molecule has 0 bridgehead atoms. The van der Waals surface area contributed by atoms with Crippen LogP contribution in [0.2, 0.25) is 0 Å². The van der Waals surface area contributed by atoms with Crippen molar-refractivity contribution in [3.05, 3.63) is 27.8 Å². The number of rotatable bonds is 2. The Bertz CT molecular complexity index is 349. The second kappa shape index (κ2) is 3.30. The number of anilines is 2. The first kappa shape index (κ1) is 9.31. The molecule has 70 valence electrons. The Morgan fingerprint density at radius 2 is 2.08 bits per heavy atom. The molecule has 4 N–H and O–H groups in total. The second-order valence-corrected chi connectivity index (χ2v) is 2.73. The summed E-state index contributed by atoms with van der Waals surface area (Å²) in [5, 5.41) is 10.5. The van der Waals surface area contributed by atoms with Crippen LogP contribution in [-0.4, -0.2) is 4.92 Å². The van der Waals surface area contributed by atoms with Crippen LogP contribution in [0.25, 0.3) is 0 Å². The summed E-state index contributed by atoms with van der Waals surface area (Å²) in [5.41, 5.74) is 12.0. The van der Waals surface area contributed by atoms with Crippen LogP contribution in [0.4, 0.5) is 17.1 Å². The Labute approximate surface area is 75.5 Å². The first-order chi connectivity index (χ1) is 6.06. The highest BCUT2D eigenvalue weighted by Gasteiger charge is 2.14. The molecule has 0 aliphatic carbocycles. The maximum atomic E-state index is 10.5. The van der Waals surface area contributed by atoms with E-state index in [0.717, 1.165) is 5.56 Å². The smallest absolute Gasteiger partial charge is 0.294 e. The maximum Gasteiger partial charge on any atom is 0.294 e. The van der Waals surface area contributed by atoms with Crippen LogP contribution in [0.5, 0.6) is 0 Å². The molecule has 1 rings (SSSR count). The van der Waals surface area contributed by atoms with Crippen molar-refractivity contribution in [3.63, 3.8) is 0 Å². The van der Waals surface area contributed by atoms with Gasteiger partial charge in [0.05, 0.1) is 10.6 Å². The SMILES string of the molecule is CCc1cc(N)c(N)c([N+](=O)[O-])c1. The van der Waals surface area contributed by atoms with Gasteiger partial charge in [-0.3, -0.25) is 10.1 Å². The molecular weight excluding hydrogens is 170 g/mol. The zero-order valence-corrected chi connectivity index (χ0v) is 7.28. The summed E-state index contributed by atoms with van der Waals surface area (Å²) in [6, 6.07) is 3.11. The van der Waals surface area contributed by atoms with Crippen LogP contribution in [-0.2, 0) is 6.42 Å². The number of benzene rings is 1. The van der Waals surface area contributed by atoms with Gasteiger partial charge in [0.2, 0.25) is 0 Å². The molecule has 0 fully saturated rings. The van der Waals surface area contributed by atoms with E-state index in [2.05, 4.69) is 0 Å². The predicted molar refractivity (Wildman–Crippen MR) is 51.3 cm³/mol. The fraction of sp³-hybridized carbons (Fsp3) is 0.250.